The van der Waals surface area contributed by atoms with Crippen LogP contribution in [0.4, 0.5) is 5.69 Å². The minimum atomic E-state index is -3.52. The van der Waals surface area contributed by atoms with Crippen LogP contribution in [0.2, 0.25) is 0 Å². The van der Waals surface area contributed by atoms with Gasteiger partial charge in [0.25, 0.3) is 0 Å². The predicted molar refractivity (Wildman–Crippen MR) is 76.3 cm³/mol. The van der Waals surface area contributed by atoms with Gasteiger partial charge in [-0.15, -0.1) is 0 Å². The van der Waals surface area contributed by atoms with Gasteiger partial charge in [-0.25, -0.2) is 0 Å². The number of hydrogen-bond donors (Lipinski definition) is 2. The molecule has 1 rings (SSSR count). The third-order valence-electron chi connectivity index (χ3n) is 1.97. The Balaban J connectivity index is 3.06. The third kappa shape index (κ3) is 3.63. The van der Waals surface area contributed by atoms with Crippen molar-refractivity contribution in [2.24, 2.45) is 5.73 Å². The molecular formula is C9H12BrN3O2S2. The maximum Gasteiger partial charge on any atom is 0.301 e. The molecule has 0 bridgehead atoms. The number of nitrogens with zero attached hydrogens (tertiary/aromatic N) is 1. The van der Waals surface area contributed by atoms with Gasteiger partial charge in [0.15, 0.2) is 0 Å². The topological polar surface area (TPSA) is 75.4 Å². The largest absolute Gasteiger partial charge is 0.389 e. The van der Waals surface area contributed by atoms with Crippen molar-refractivity contribution in [3.05, 3.63) is 28.2 Å². The summed E-state index contributed by atoms with van der Waals surface area (Å²) < 4.78 is 27.3. The van der Waals surface area contributed by atoms with Crippen molar-refractivity contribution < 1.29 is 8.42 Å². The molecule has 1 aromatic rings. The van der Waals surface area contributed by atoms with E-state index in [1.54, 1.807) is 18.2 Å². The fourth-order valence-corrected chi connectivity index (χ4v) is 2.36. The highest BCUT2D eigenvalue weighted by atomic mass is 79.9. The molecule has 1 aromatic carbocycles. The molecule has 0 radical (unpaired) electrons. The first-order valence-electron chi connectivity index (χ1n) is 4.53. The summed E-state index contributed by atoms with van der Waals surface area (Å²) in [6.45, 7) is 0. The second-order valence-corrected chi connectivity index (χ2v) is 6.63. The lowest BCUT2D eigenvalue weighted by Crippen LogP contribution is -2.29. The lowest BCUT2D eigenvalue weighted by molar-refractivity contribution is 0.527. The van der Waals surface area contributed by atoms with E-state index in [0.29, 0.717) is 15.7 Å². The van der Waals surface area contributed by atoms with Crippen LogP contribution in [-0.2, 0) is 10.2 Å². The number of benzene rings is 1. The molecule has 0 aromatic heterocycles. The van der Waals surface area contributed by atoms with Crippen LogP contribution in [0.5, 0.6) is 0 Å². The maximum absolute atomic E-state index is 11.6. The van der Waals surface area contributed by atoms with Gasteiger partial charge in [-0.1, -0.05) is 12.2 Å². The molecule has 0 unspecified atom stereocenters. The van der Waals surface area contributed by atoms with Crippen LogP contribution in [-0.4, -0.2) is 31.8 Å². The minimum Gasteiger partial charge on any atom is -0.389 e. The molecule has 0 saturated heterocycles. The van der Waals surface area contributed by atoms with Crippen molar-refractivity contribution in [1.29, 1.82) is 0 Å². The Hall–Kier alpha value is -0.700. The van der Waals surface area contributed by atoms with Crippen LogP contribution in [0.3, 0.4) is 0 Å². The number of rotatable bonds is 4. The first-order valence-corrected chi connectivity index (χ1v) is 7.18. The second-order valence-electron chi connectivity index (χ2n) is 3.45. The Kier molecular flexibility index (Phi) is 4.48. The molecule has 3 N–H and O–H groups in total. The second kappa shape index (κ2) is 5.30. The molecule has 8 heteroatoms. The van der Waals surface area contributed by atoms with Gasteiger partial charge in [0.2, 0.25) is 0 Å². The predicted octanol–water partition coefficient (Wildman–Crippen LogP) is 1.30. The molecule has 0 aliphatic rings. The SMILES string of the molecule is CN(C)S(=O)(=O)Nc1ccc(C(N)=S)cc1Br. The molecule has 0 fully saturated rings. The quantitative estimate of drug-likeness (QED) is 0.812. The van der Waals surface area contributed by atoms with Gasteiger partial charge in [0.1, 0.15) is 4.99 Å². The molecule has 17 heavy (non-hydrogen) atoms. The maximum atomic E-state index is 11.6. The van der Waals surface area contributed by atoms with Crippen molar-refractivity contribution in [3.63, 3.8) is 0 Å². The molecule has 0 aliphatic carbocycles. The van der Waals surface area contributed by atoms with E-state index in [9.17, 15) is 8.42 Å². The summed E-state index contributed by atoms with van der Waals surface area (Å²) in [7, 11) is -0.629. The van der Waals surface area contributed by atoms with Gasteiger partial charge in [0, 0.05) is 24.1 Å². The van der Waals surface area contributed by atoms with Gasteiger partial charge in [0.05, 0.1) is 5.69 Å². The highest BCUT2D eigenvalue weighted by Gasteiger charge is 2.14. The monoisotopic (exact) mass is 337 g/mol. The van der Waals surface area contributed by atoms with Crippen molar-refractivity contribution in [2.45, 2.75) is 0 Å². The van der Waals surface area contributed by atoms with Crippen molar-refractivity contribution >= 4 is 49.0 Å². The summed E-state index contributed by atoms with van der Waals surface area (Å²) in [5.41, 5.74) is 6.57. The van der Waals surface area contributed by atoms with Crippen LogP contribution in [0.25, 0.3) is 0 Å². The standard InChI is InChI=1S/C9H12BrN3O2S2/c1-13(2)17(14,15)12-8-4-3-6(9(11)16)5-7(8)10/h3-5,12H,1-2H3,(H2,11,16). The lowest BCUT2D eigenvalue weighted by Gasteiger charge is -2.14. The summed E-state index contributed by atoms with van der Waals surface area (Å²) in [6.07, 6.45) is 0. The number of halogens is 1. The van der Waals surface area contributed by atoms with Crippen LogP contribution >= 0.6 is 28.1 Å². The van der Waals surface area contributed by atoms with E-state index in [1.807, 2.05) is 0 Å². The fraction of sp³-hybridized carbons (Fsp3) is 0.222. The average Bonchev–Trinajstić information content (AvgIpc) is 2.20. The zero-order valence-electron chi connectivity index (χ0n) is 9.27. The molecular weight excluding hydrogens is 326 g/mol. The minimum absolute atomic E-state index is 0.257. The van der Waals surface area contributed by atoms with Gasteiger partial charge in [-0.2, -0.15) is 12.7 Å². The van der Waals surface area contributed by atoms with E-state index in [0.717, 1.165) is 4.31 Å². The van der Waals surface area contributed by atoms with E-state index >= 15 is 0 Å². The van der Waals surface area contributed by atoms with Crippen molar-refractivity contribution in [3.8, 4) is 0 Å². The first-order chi connectivity index (χ1) is 7.74. The Morgan fingerprint density at radius 2 is 2.06 bits per heavy atom. The number of nitrogens with one attached hydrogen (secondary N) is 1. The van der Waals surface area contributed by atoms with Crippen LogP contribution < -0.4 is 10.5 Å². The Morgan fingerprint density at radius 3 is 2.47 bits per heavy atom. The highest BCUT2D eigenvalue weighted by molar-refractivity contribution is 9.10. The normalized spacial score (nSPS) is 11.5. The van der Waals surface area contributed by atoms with Gasteiger partial charge in [-0.3, -0.25) is 4.72 Å². The van der Waals surface area contributed by atoms with E-state index < -0.39 is 10.2 Å². The van der Waals surface area contributed by atoms with E-state index in [2.05, 4.69) is 20.7 Å². The number of hydrogen-bond acceptors (Lipinski definition) is 3. The summed E-state index contributed by atoms with van der Waals surface area (Å²) in [5, 5.41) is 0. The van der Waals surface area contributed by atoms with Crippen molar-refractivity contribution in [1.82, 2.24) is 4.31 Å². The zero-order chi connectivity index (χ0) is 13.2. The molecule has 0 saturated carbocycles. The Morgan fingerprint density at radius 1 is 1.47 bits per heavy atom. The number of nitrogens with two attached hydrogens (primary N) is 1. The van der Waals surface area contributed by atoms with Crippen LogP contribution in [0, 0.1) is 0 Å². The van der Waals surface area contributed by atoms with Gasteiger partial charge < -0.3 is 5.73 Å². The molecule has 0 amide bonds. The van der Waals surface area contributed by atoms with E-state index in [-0.39, 0.29) is 4.99 Å². The molecule has 0 heterocycles. The van der Waals surface area contributed by atoms with Crippen LogP contribution in [0.15, 0.2) is 22.7 Å². The summed E-state index contributed by atoms with van der Waals surface area (Å²) in [6, 6.07) is 4.91. The lowest BCUT2D eigenvalue weighted by atomic mass is 10.2. The zero-order valence-corrected chi connectivity index (χ0v) is 12.5. The van der Waals surface area contributed by atoms with Gasteiger partial charge in [-0.05, 0) is 34.1 Å². The molecule has 5 nitrogen and oxygen atoms in total. The summed E-state index contributed by atoms with van der Waals surface area (Å²) in [5.74, 6) is 0. The number of anilines is 1. The van der Waals surface area contributed by atoms with E-state index in [4.69, 9.17) is 18.0 Å². The molecule has 0 atom stereocenters. The molecule has 94 valence electrons. The average molecular weight is 338 g/mol. The third-order valence-corrected chi connectivity index (χ3v) is 4.30. The van der Waals surface area contributed by atoms with E-state index in [1.165, 1.54) is 14.1 Å². The Labute approximate surface area is 114 Å². The molecule has 0 aliphatic heterocycles. The fourth-order valence-electron chi connectivity index (χ4n) is 0.981. The smallest absolute Gasteiger partial charge is 0.301 e. The van der Waals surface area contributed by atoms with Crippen LogP contribution in [0.1, 0.15) is 5.56 Å². The molecule has 0 spiro atoms. The summed E-state index contributed by atoms with van der Waals surface area (Å²) in [4.78, 5) is 0.257. The Bertz CT molecular complexity index is 543. The van der Waals surface area contributed by atoms with Crippen molar-refractivity contribution in [2.75, 3.05) is 18.8 Å². The van der Waals surface area contributed by atoms with Gasteiger partial charge >= 0.3 is 10.2 Å². The first kappa shape index (κ1) is 14.4. The highest BCUT2D eigenvalue weighted by Crippen LogP contribution is 2.24. The summed E-state index contributed by atoms with van der Waals surface area (Å²) >= 11 is 8.08. The number of thiocarbonyl (C=S) groups is 1.